The first-order chi connectivity index (χ1) is 23.7. The van der Waals surface area contributed by atoms with E-state index in [0.29, 0.717) is 17.2 Å². The van der Waals surface area contributed by atoms with Crippen LogP contribution >= 0.6 is 11.8 Å². The third kappa shape index (κ3) is 9.72. The van der Waals surface area contributed by atoms with Crippen molar-refractivity contribution in [2.45, 2.75) is 29.9 Å². The van der Waals surface area contributed by atoms with E-state index >= 15 is 0 Å². The van der Waals surface area contributed by atoms with Crippen molar-refractivity contribution in [3.63, 3.8) is 0 Å². The Morgan fingerprint density at radius 1 is 0.653 bits per heavy atom. The van der Waals surface area contributed by atoms with Crippen molar-refractivity contribution in [1.29, 1.82) is 0 Å². The standard InChI is InChI=1S/C41H40N4O3S/c1-28(2)30-17-19-33(20-18-30)43-41(48)38(31-11-7-5-8-12-31)49-36-25-21-34(22-26-36)42-40(47)37(44-39(46)32-13-9-6-10-14-32)27-29-15-23-35(24-16-29)45(3)4/h5-28,38H,1-4H3,(H,42,47)(H,43,48)(H,44,46)/b37-27-. The first-order valence-electron chi connectivity index (χ1n) is 16.1. The van der Waals surface area contributed by atoms with Gasteiger partial charge in [-0.15, -0.1) is 11.8 Å². The van der Waals surface area contributed by atoms with Gasteiger partial charge in [0.05, 0.1) is 0 Å². The van der Waals surface area contributed by atoms with Crippen LogP contribution in [0.25, 0.3) is 6.08 Å². The molecule has 1 atom stereocenters. The van der Waals surface area contributed by atoms with Crippen LogP contribution in [0.15, 0.2) is 144 Å². The van der Waals surface area contributed by atoms with Gasteiger partial charge in [0.25, 0.3) is 11.8 Å². The Labute approximate surface area is 292 Å². The molecule has 0 saturated heterocycles. The van der Waals surface area contributed by atoms with Gasteiger partial charge in [-0.3, -0.25) is 14.4 Å². The maximum Gasteiger partial charge on any atom is 0.272 e. The molecule has 248 valence electrons. The molecular formula is C41H40N4O3S. The number of amides is 3. The van der Waals surface area contributed by atoms with Gasteiger partial charge in [-0.1, -0.05) is 86.6 Å². The summed E-state index contributed by atoms with van der Waals surface area (Å²) in [5, 5.41) is 8.26. The summed E-state index contributed by atoms with van der Waals surface area (Å²) in [4.78, 5) is 43.0. The molecule has 1 unspecified atom stereocenters. The van der Waals surface area contributed by atoms with Crippen LogP contribution in [-0.4, -0.2) is 31.8 Å². The fraction of sp³-hybridized carbons (Fsp3) is 0.146. The zero-order valence-electron chi connectivity index (χ0n) is 28.0. The van der Waals surface area contributed by atoms with Crippen molar-refractivity contribution in [2.24, 2.45) is 0 Å². The summed E-state index contributed by atoms with van der Waals surface area (Å²) in [7, 11) is 3.91. The smallest absolute Gasteiger partial charge is 0.272 e. The largest absolute Gasteiger partial charge is 0.378 e. The molecule has 0 radical (unpaired) electrons. The second kappa shape index (κ2) is 16.5. The number of benzene rings is 5. The molecule has 0 heterocycles. The van der Waals surface area contributed by atoms with Crippen molar-refractivity contribution in [1.82, 2.24) is 5.32 Å². The highest BCUT2D eigenvalue weighted by Crippen LogP contribution is 2.37. The average molecular weight is 669 g/mol. The minimum absolute atomic E-state index is 0.104. The van der Waals surface area contributed by atoms with E-state index in [4.69, 9.17) is 0 Å². The van der Waals surface area contributed by atoms with Crippen LogP contribution in [0.3, 0.4) is 0 Å². The van der Waals surface area contributed by atoms with Gasteiger partial charge < -0.3 is 20.9 Å². The van der Waals surface area contributed by atoms with E-state index in [1.807, 2.05) is 116 Å². The molecule has 0 aliphatic carbocycles. The molecule has 8 heteroatoms. The molecule has 5 aromatic rings. The minimum Gasteiger partial charge on any atom is -0.378 e. The monoisotopic (exact) mass is 668 g/mol. The fourth-order valence-electron chi connectivity index (χ4n) is 4.99. The van der Waals surface area contributed by atoms with Crippen molar-refractivity contribution in [3.8, 4) is 0 Å². The predicted molar refractivity (Wildman–Crippen MR) is 202 cm³/mol. The van der Waals surface area contributed by atoms with Gasteiger partial charge in [0.1, 0.15) is 10.9 Å². The van der Waals surface area contributed by atoms with E-state index < -0.39 is 11.2 Å². The van der Waals surface area contributed by atoms with Crippen molar-refractivity contribution < 1.29 is 14.4 Å². The Hall–Kier alpha value is -5.60. The first kappa shape index (κ1) is 34.7. The first-order valence-corrected chi connectivity index (χ1v) is 16.9. The van der Waals surface area contributed by atoms with Crippen LogP contribution in [-0.2, 0) is 9.59 Å². The number of hydrogen-bond donors (Lipinski definition) is 3. The van der Waals surface area contributed by atoms with Crippen molar-refractivity contribution in [2.75, 3.05) is 29.6 Å². The number of hydrogen-bond acceptors (Lipinski definition) is 5. The number of carbonyl (C=O) groups is 3. The Kier molecular flexibility index (Phi) is 11.7. The molecule has 0 fully saturated rings. The Balaban J connectivity index is 1.32. The summed E-state index contributed by atoms with van der Waals surface area (Å²) >= 11 is 1.43. The maximum absolute atomic E-state index is 13.6. The van der Waals surface area contributed by atoms with E-state index in [-0.39, 0.29) is 17.5 Å². The Morgan fingerprint density at radius 2 is 1.22 bits per heavy atom. The number of carbonyl (C=O) groups excluding carboxylic acids is 3. The third-order valence-corrected chi connectivity index (χ3v) is 9.07. The highest BCUT2D eigenvalue weighted by molar-refractivity contribution is 8.00. The van der Waals surface area contributed by atoms with Gasteiger partial charge in [-0.25, -0.2) is 0 Å². The van der Waals surface area contributed by atoms with E-state index in [2.05, 4.69) is 29.8 Å². The van der Waals surface area contributed by atoms with E-state index in [0.717, 1.165) is 27.4 Å². The SMILES string of the molecule is CC(C)c1ccc(NC(=O)C(Sc2ccc(NC(=O)/C(=C/c3ccc(N(C)C)cc3)NC(=O)c3ccccc3)cc2)c2ccccc2)cc1. The number of nitrogens with zero attached hydrogens (tertiary/aromatic N) is 1. The zero-order valence-corrected chi connectivity index (χ0v) is 28.8. The van der Waals surface area contributed by atoms with Crippen molar-refractivity contribution >= 4 is 52.6 Å². The Bertz CT molecular complexity index is 1890. The highest BCUT2D eigenvalue weighted by Gasteiger charge is 2.23. The molecule has 0 saturated carbocycles. The number of thioether (sulfide) groups is 1. The molecule has 3 N–H and O–H groups in total. The van der Waals surface area contributed by atoms with Gasteiger partial charge in [-0.05, 0) is 89.3 Å². The van der Waals surface area contributed by atoms with Gasteiger partial charge in [0.2, 0.25) is 5.91 Å². The van der Waals surface area contributed by atoms with Crippen LogP contribution in [0.4, 0.5) is 17.1 Å². The molecule has 0 aromatic heterocycles. The molecule has 5 rings (SSSR count). The topological polar surface area (TPSA) is 90.5 Å². The van der Waals surface area contributed by atoms with Gasteiger partial charge in [0, 0.05) is 41.6 Å². The predicted octanol–water partition coefficient (Wildman–Crippen LogP) is 8.76. The number of anilines is 3. The quantitative estimate of drug-likeness (QED) is 0.0914. The molecule has 49 heavy (non-hydrogen) atoms. The lowest BCUT2D eigenvalue weighted by atomic mass is 10.0. The number of nitrogens with one attached hydrogen (secondary N) is 3. The zero-order chi connectivity index (χ0) is 34.8. The fourth-order valence-corrected chi connectivity index (χ4v) is 6.01. The molecule has 3 amide bonds. The summed E-state index contributed by atoms with van der Waals surface area (Å²) in [5.74, 6) is -0.583. The molecule has 0 aliphatic rings. The second-order valence-corrected chi connectivity index (χ2v) is 13.2. The summed E-state index contributed by atoms with van der Waals surface area (Å²) in [5.41, 5.74) is 5.69. The highest BCUT2D eigenvalue weighted by atomic mass is 32.2. The molecular weight excluding hydrogens is 629 g/mol. The second-order valence-electron chi connectivity index (χ2n) is 12.0. The van der Waals surface area contributed by atoms with Gasteiger partial charge >= 0.3 is 0 Å². The maximum atomic E-state index is 13.6. The summed E-state index contributed by atoms with van der Waals surface area (Å²) in [6, 6.07) is 41.3. The minimum atomic E-state index is -0.506. The summed E-state index contributed by atoms with van der Waals surface area (Å²) in [6.07, 6.45) is 1.65. The molecule has 7 nitrogen and oxygen atoms in total. The van der Waals surface area contributed by atoms with Crippen molar-refractivity contribution in [3.05, 3.63) is 161 Å². The lowest BCUT2D eigenvalue weighted by Gasteiger charge is -2.18. The third-order valence-electron chi connectivity index (χ3n) is 7.80. The van der Waals surface area contributed by atoms with Crippen LogP contribution in [0.2, 0.25) is 0 Å². The summed E-state index contributed by atoms with van der Waals surface area (Å²) < 4.78 is 0. The van der Waals surface area contributed by atoms with Crippen LogP contribution < -0.4 is 20.9 Å². The van der Waals surface area contributed by atoms with E-state index in [9.17, 15) is 14.4 Å². The Morgan fingerprint density at radius 3 is 1.82 bits per heavy atom. The van der Waals surface area contributed by atoms with Crippen LogP contribution in [0, 0.1) is 0 Å². The van der Waals surface area contributed by atoms with Gasteiger partial charge in [-0.2, -0.15) is 0 Å². The number of rotatable bonds is 12. The van der Waals surface area contributed by atoms with Gasteiger partial charge in [0.15, 0.2) is 0 Å². The average Bonchev–Trinajstić information content (AvgIpc) is 3.12. The van der Waals surface area contributed by atoms with E-state index in [1.165, 1.54) is 17.3 Å². The lowest BCUT2D eigenvalue weighted by Crippen LogP contribution is -2.30. The van der Waals surface area contributed by atoms with Crippen LogP contribution in [0.1, 0.15) is 52.1 Å². The molecule has 0 aliphatic heterocycles. The molecule has 5 aromatic carbocycles. The van der Waals surface area contributed by atoms with E-state index in [1.54, 1.807) is 42.5 Å². The molecule has 0 bridgehead atoms. The summed E-state index contributed by atoms with van der Waals surface area (Å²) in [6.45, 7) is 4.27. The van der Waals surface area contributed by atoms with Crippen LogP contribution in [0.5, 0.6) is 0 Å². The normalized spacial score (nSPS) is 11.8. The lowest BCUT2D eigenvalue weighted by molar-refractivity contribution is -0.116. The molecule has 0 spiro atoms.